The molecule has 1 aromatic heterocycles. The molecular weight excluding hydrogens is 497 g/mol. The zero-order valence-electron chi connectivity index (χ0n) is 19.5. The maximum atomic E-state index is 13.0. The van der Waals surface area contributed by atoms with Gasteiger partial charge in [0.25, 0.3) is 5.91 Å². The van der Waals surface area contributed by atoms with Crippen molar-refractivity contribution in [2.24, 2.45) is 7.05 Å². The van der Waals surface area contributed by atoms with Crippen LogP contribution in [0, 0.1) is 0 Å². The zero-order valence-corrected chi connectivity index (χ0v) is 20.3. The third-order valence-electron chi connectivity index (χ3n) is 5.89. The highest BCUT2D eigenvalue weighted by atomic mass is 35.5. The molecule has 0 bridgehead atoms. The summed E-state index contributed by atoms with van der Waals surface area (Å²) in [4.78, 5) is 12.6. The molecule has 1 atom stereocenters. The number of halogens is 4. The summed E-state index contributed by atoms with van der Waals surface area (Å²) in [6, 6.07) is 10.9. The van der Waals surface area contributed by atoms with Crippen LogP contribution in [0.3, 0.4) is 0 Å². The fourth-order valence-electron chi connectivity index (χ4n) is 4.05. The van der Waals surface area contributed by atoms with E-state index in [0.29, 0.717) is 29.7 Å². The van der Waals surface area contributed by atoms with Crippen LogP contribution in [0.4, 0.5) is 18.9 Å². The second kappa shape index (κ2) is 11.3. The van der Waals surface area contributed by atoms with E-state index in [1.165, 1.54) is 12.1 Å². The van der Waals surface area contributed by atoms with Gasteiger partial charge in [0, 0.05) is 43.6 Å². The molecule has 1 fully saturated rings. The van der Waals surface area contributed by atoms with Crippen molar-refractivity contribution in [3.63, 3.8) is 0 Å². The number of hydrogen-bond acceptors (Lipinski definition) is 5. The molecule has 2 N–H and O–H groups in total. The first-order valence-electron chi connectivity index (χ1n) is 11.4. The average Bonchev–Trinajstić information content (AvgIpc) is 3.20. The summed E-state index contributed by atoms with van der Waals surface area (Å²) in [5.41, 5.74) is 0.200. The molecule has 36 heavy (non-hydrogen) atoms. The molecule has 3 aromatic rings. The minimum atomic E-state index is -4.53. The number of aromatic nitrogens is 2. The van der Waals surface area contributed by atoms with E-state index in [2.05, 4.69) is 15.7 Å². The molecule has 192 valence electrons. The lowest BCUT2D eigenvalue weighted by atomic mass is 10.1. The Morgan fingerprint density at radius 2 is 1.97 bits per heavy atom. The van der Waals surface area contributed by atoms with Crippen LogP contribution in [0.25, 0.3) is 0 Å². The molecule has 0 saturated carbocycles. The third kappa shape index (κ3) is 6.57. The van der Waals surface area contributed by atoms with Crippen LogP contribution in [-0.4, -0.2) is 41.6 Å². The monoisotopic (exact) mass is 522 g/mol. The van der Waals surface area contributed by atoms with Crippen molar-refractivity contribution < 1.29 is 27.4 Å². The summed E-state index contributed by atoms with van der Waals surface area (Å²) in [7, 11) is 1.81. The van der Waals surface area contributed by atoms with E-state index in [1.807, 2.05) is 7.05 Å². The zero-order chi connectivity index (χ0) is 25.7. The van der Waals surface area contributed by atoms with E-state index in [-0.39, 0.29) is 24.3 Å². The molecule has 2 heterocycles. The lowest BCUT2D eigenvalue weighted by molar-refractivity contribution is -0.137. The Labute approximate surface area is 211 Å². The van der Waals surface area contributed by atoms with E-state index in [9.17, 15) is 18.0 Å². The van der Waals surface area contributed by atoms with E-state index >= 15 is 0 Å². The SMILES string of the molecule is Cn1ncc(Cl)c1C(COc1cccc(NC(=O)c2cccc(C(F)(F)F)c2)c1)NC1CCOCC1. The highest BCUT2D eigenvalue weighted by Gasteiger charge is 2.31. The first-order chi connectivity index (χ1) is 17.2. The Bertz CT molecular complexity index is 1180. The number of amides is 1. The Balaban J connectivity index is 1.45. The molecule has 1 aliphatic rings. The first kappa shape index (κ1) is 26.0. The van der Waals surface area contributed by atoms with Crippen LogP contribution in [0.1, 0.15) is 40.5 Å². The van der Waals surface area contributed by atoms with Crippen LogP contribution in [0.5, 0.6) is 5.75 Å². The van der Waals surface area contributed by atoms with Gasteiger partial charge in [0.15, 0.2) is 0 Å². The molecule has 11 heteroatoms. The van der Waals surface area contributed by atoms with Gasteiger partial charge in [0.05, 0.1) is 28.5 Å². The largest absolute Gasteiger partial charge is 0.491 e. The van der Waals surface area contributed by atoms with E-state index in [4.69, 9.17) is 21.1 Å². The van der Waals surface area contributed by atoms with Gasteiger partial charge in [-0.15, -0.1) is 0 Å². The molecular formula is C25H26ClF3N4O3. The highest BCUT2D eigenvalue weighted by molar-refractivity contribution is 6.31. The summed E-state index contributed by atoms with van der Waals surface area (Å²) >= 11 is 6.40. The van der Waals surface area contributed by atoms with Crippen molar-refractivity contribution in [3.05, 3.63) is 76.6 Å². The van der Waals surface area contributed by atoms with Gasteiger partial charge in [-0.1, -0.05) is 23.7 Å². The van der Waals surface area contributed by atoms with Crippen LogP contribution in [-0.2, 0) is 18.0 Å². The Hall–Kier alpha value is -3.08. The van der Waals surface area contributed by atoms with Crippen molar-refractivity contribution in [2.45, 2.75) is 31.1 Å². The number of rotatable bonds is 8. The number of hydrogen-bond donors (Lipinski definition) is 2. The van der Waals surface area contributed by atoms with Gasteiger partial charge in [-0.3, -0.25) is 9.48 Å². The van der Waals surface area contributed by atoms with Gasteiger partial charge in [0.2, 0.25) is 0 Å². The summed E-state index contributed by atoms with van der Waals surface area (Å²) in [6.45, 7) is 1.59. The first-order valence-corrected chi connectivity index (χ1v) is 11.8. The van der Waals surface area contributed by atoms with E-state index in [1.54, 1.807) is 35.1 Å². The molecule has 1 saturated heterocycles. The number of nitrogens with zero attached hydrogens (tertiary/aromatic N) is 2. The number of benzene rings is 2. The standard InChI is InChI=1S/C25H26ClF3N4O3/c1-33-23(21(26)14-30-33)22(31-18-8-10-35-11-9-18)15-36-20-7-3-6-19(13-20)32-24(34)16-4-2-5-17(12-16)25(27,28)29/h2-7,12-14,18,22,31H,8-11,15H2,1H3,(H,32,34). The number of carbonyl (C=O) groups is 1. The van der Waals surface area contributed by atoms with E-state index in [0.717, 1.165) is 30.7 Å². The summed E-state index contributed by atoms with van der Waals surface area (Å²) in [6.07, 6.45) is -1.22. The Morgan fingerprint density at radius 3 is 2.67 bits per heavy atom. The van der Waals surface area contributed by atoms with Crippen LogP contribution in [0.15, 0.2) is 54.7 Å². The summed E-state index contributed by atoms with van der Waals surface area (Å²) in [5, 5.41) is 11.0. The van der Waals surface area contributed by atoms with Crippen LogP contribution >= 0.6 is 11.6 Å². The fraction of sp³-hybridized carbons (Fsp3) is 0.360. The van der Waals surface area contributed by atoms with Gasteiger partial charge < -0.3 is 20.1 Å². The predicted molar refractivity (Wildman–Crippen MR) is 129 cm³/mol. The van der Waals surface area contributed by atoms with Gasteiger partial charge >= 0.3 is 6.18 Å². The second-order valence-corrected chi connectivity index (χ2v) is 8.89. The molecule has 0 aliphatic carbocycles. The average molecular weight is 523 g/mol. The van der Waals surface area contributed by atoms with E-state index < -0.39 is 17.6 Å². The summed E-state index contributed by atoms with van der Waals surface area (Å²) < 4.78 is 52.2. The molecule has 2 aromatic carbocycles. The van der Waals surface area contributed by atoms with Crippen LogP contribution in [0.2, 0.25) is 5.02 Å². The smallest absolute Gasteiger partial charge is 0.416 e. The number of alkyl halides is 3. The lowest BCUT2D eigenvalue weighted by Gasteiger charge is -2.29. The fourth-order valence-corrected chi connectivity index (χ4v) is 4.35. The number of carbonyl (C=O) groups excluding carboxylic acids is 1. The van der Waals surface area contributed by atoms with Gasteiger partial charge in [0.1, 0.15) is 12.4 Å². The topological polar surface area (TPSA) is 77.4 Å². The normalized spacial score (nSPS) is 15.5. The quantitative estimate of drug-likeness (QED) is 0.423. The minimum Gasteiger partial charge on any atom is -0.491 e. The molecule has 1 amide bonds. The number of anilines is 1. The molecule has 4 rings (SSSR count). The third-order valence-corrected chi connectivity index (χ3v) is 6.18. The molecule has 0 spiro atoms. The maximum Gasteiger partial charge on any atom is 0.416 e. The van der Waals surface area contributed by atoms with Crippen molar-refractivity contribution in [2.75, 3.05) is 25.1 Å². The van der Waals surface area contributed by atoms with Crippen molar-refractivity contribution in [1.29, 1.82) is 0 Å². The molecule has 1 aliphatic heterocycles. The Kier molecular flexibility index (Phi) is 8.17. The highest BCUT2D eigenvalue weighted by Crippen LogP contribution is 2.30. The number of nitrogens with one attached hydrogen (secondary N) is 2. The van der Waals surface area contributed by atoms with Gasteiger partial charge in [-0.25, -0.2) is 0 Å². The van der Waals surface area contributed by atoms with Gasteiger partial charge in [-0.2, -0.15) is 18.3 Å². The van der Waals surface area contributed by atoms with Crippen LogP contribution < -0.4 is 15.4 Å². The predicted octanol–water partition coefficient (Wildman–Crippen LogP) is 5.23. The maximum absolute atomic E-state index is 13.0. The summed E-state index contributed by atoms with van der Waals surface area (Å²) in [5.74, 6) is -0.173. The number of aryl methyl sites for hydroxylation is 1. The number of ether oxygens (including phenoxy) is 2. The molecule has 7 nitrogen and oxygen atoms in total. The lowest BCUT2D eigenvalue weighted by Crippen LogP contribution is -2.40. The molecule has 0 radical (unpaired) electrons. The minimum absolute atomic E-state index is 0.0947. The second-order valence-electron chi connectivity index (χ2n) is 8.48. The van der Waals surface area contributed by atoms with Crippen molar-refractivity contribution in [1.82, 2.24) is 15.1 Å². The Morgan fingerprint density at radius 1 is 1.22 bits per heavy atom. The molecule has 1 unspecified atom stereocenters. The van der Waals surface area contributed by atoms with Gasteiger partial charge in [-0.05, 0) is 43.2 Å². The van der Waals surface area contributed by atoms with Crippen molar-refractivity contribution >= 4 is 23.2 Å². The van der Waals surface area contributed by atoms with Crippen molar-refractivity contribution in [3.8, 4) is 5.75 Å².